The van der Waals surface area contributed by atoms with Crippen LogP contribution in [0.2, 0.25) is 0 Å². The lowest BCUT2D eigenvalue weighted by Crippen LogP contribution is -2.15. The third kappa shape index (κ3) is 3.98. The van der Waals surface area contributed by atoms with Crippen molar-refractivity contribution >= 4 is 15.9 Å². The van der Waals surface area contributed by atoms with Crippen LogP contribution in [-0.4, -0.2) is 9.97 Å². The van der Waals surface area contributed by atoms with Crippen molar-refractivity contribution in [1.82, 2.24) is 9.97 Å². The van der Waals surface area contributed by atoms with Crippen molar-refractivity contribution in [3.05, 3.63) is 142 Å². The first-order valence-electron chi connectivity index (χ1n) is 14.9. The predicted octanol–water partition coefficient (Wildman–Crippen LogP) is 10.9. The molecule has 0 saturated carbocycles. The molecular formula is C40H31BrN2. The maximum atomic E-state index is 5.16. The van der Waals surface area contributed by atoms with Crippen LogP contribution in [0.5, 0.6) is 0 Å². The molecule has 8 rings (SSSR count). The Morgan fingerprint density at radius 3 is 1.35 bits per heavy atom. The molecule has 3 heteroatoms. The van der Waals surface area contributed by atoms with Crippen LogP contribution in [0.4, 0.5) is 0 Å². The maximum absolute atomic E-state index is 5.16. The van der Waals surface area contributed by atoms with Crippen molar-refractivity contribution in [3.63, 3.8) is 0 Å². The van der Waals surface area contributed by atoms with E-state index in [1.807, 2.05) is 0 Å². The van der Waals surface area contributed by atoms with Gasteiger partial charge < -0.3 is 0 Å². The van der Waals surface area contributed by atoms with Gasteiger partial charge in [-0.2, -0.15) is 0 Å². The molecule has 0 N–H and O–H groups in total. The van der Waals surface area contributed by atoms with E-state index in [-0.39, 0.29) is 10.8 Å². The molecule has 5 aromatic carbocycles. The van der Waals surface area contributed by atoms with Gasteiger partial charge in [0.05, 0.1) is 11.4 Å². The molecule has 6 aromatic rings. The maximum Gasteiger partial charge on any atom is 0.160 e. The molecule has 1 heterocycles. The largest absolute Gasteiger partial charge is 0.228 e. The SMILES string of the molecule is CC1(C)c2ccccc2-c2ccc(-c3cc(-c4ccc5c(c4)C(C)(C)c4ccccc4-5)nc(-c4ccc(Br)cc4)n3)cc21. The average Bonchev–Trinajstić information content (AvgIpc) is 3.40. The van der Waals surface area contributed by atoms with Crippen molar-refractivity contribution < 1.29 is 0 Å². The Balaban J connectivity index is 1.30. The van der Waals surface area contributed by atoms with Gasteiger partial charge in [-0.3, -0.25) is 0 Å². The molecule has 0 unspecified atom stereocenters. The first-order chi connectivity index (χ1) is 20.7. The fourth-order valence-corrected chi connectivity index (χ4v) is 7.46. The molecule has 0 aliphatic heterocycles. The Labute approximate surface area is 261 Å². The standard InChI is InChI=1S/C40H31BrN2/c1-39(2)32-11-7-5-9-28(32)30-19-15-25(21-34(30)39)36-23-37(43-38(42-36)24-13-17-27(41)18-14-24)26-16-20-31-29-10-6-8-12-33(29)40(3,4)35(31)22-26/h5-23H,1-4H3. The fraction of sp³-hybridized carbons (Fsp3) is 0.150. The summed E-state index contributed by atoms with van der Waals surface area (Å²) in [6, 6.07) is 41.7. The van der Waals surface area contributed by atoms with E-state index < -0.39 is 0 Å². The number of rotatable bonds is 3. The van der Waals surface area contributed by atoms with Crippen LogP contribution in [0.15, 0.2) is 120 Å². The van der Waals surface area contributed by atoms with Crippen LogP contribution in [-0.2, 0) is 10.8 Å². The average molecular weight is 620 g/mol. The van der Waals surface area contributed by atoms with Gasteiger partial charge in [-0.1, -0.05) is 129 Å². The Morgan fingerprint density at radius 2 is 0.860 bits per heavy atom. The van der Waals surface area contributed by atoms with Crippen LogP contribution in [0.25, 0.3) is 56.2 Å². The van der Waals surface area contributed by atoms with Gasteiger partial charge in [-0.25, -0.2) is 9.97 Å². The Morgan fingerprint density at radius 1 is 0.442 bits per heavy atom. The number of nitrogens with zero attached hydrogens (tertiary/aromatic N) is 2. The normalized spacial score (nSPS) is 15.0. The zero-order chi connectivity index (χ0) is 29.5. The van der Waals surface area contributed by atoms with Crippen LogP contribution in [0, 0.1) is 0 Å². The highest BCUT2D eigenvalue weighted by Crippen LogP contribution is 2.51. The Kier molecular flexibility index (Phi) is 5.71. The van der Waals surface area contributed by atoms with E-state index in [1.54, 1.807) is 0 Å². The summed E-state index contributed by atoms with van der Waals surface area (Å²) in [7, 11) is 0. The summed E-state index contributed by atoms with van der Waals surface area (Å²) in [6.45, 7) is 9.30. The second kappa shape index (κ2) is 9.33. The van der Waals surface area contributed by atoms with Crippen molar-refractivity contribution in [2.24, 2.45) is 0 Å². The summed E-state index contributed by atoms with van der Waals surface area (Å²) >= 11 is 3.58. The molecule has 208 valence electrons. The van der Waals surface area contributed by atoms with Gasteiger partial charge in [0.25, 0.3) is 0 Å². The minimum absolute atomic E-state index is 0.0765. The smallest absolute Gasteiger partial charge is 0.160 e. The molecule has 2 nitrogen and oxygen atoms in total. The Bertz CT molecular complexity index is 1960. The monoisotopic (exact) mass is 618 g/mol. The van der Waals surface area contributed by atoms with E-state index in [1.165, 1.54) is 44.5 Å². The van der Waals surface area contributed by atoms with Crippen LogP contribution in [0.1, 0.15) is 49.9 Å². The molecule has 0 atom stereocenters. The highest BCUT2D eigenvalue weighted by Gasteiger charge is 2.36. The van der Waals surface area contributed by atoms with E-state index in [9.17, 15) is 0 Å². The summed E-state index contributed by atoms with van der Waals surface area (Å²) in [5.41, 5.74) is 15.6. The van der Waals surface area contributed by atoms with Crippen molar-refractivity contribution in [3.8, 4) is 56.2 Å². The summed E-state index contributed by atoms with van der Waals surface area (Å²) in [5.74, 6) is 0.728. The number of hydrogen-bond acceptors (Lipinski definition) is 2. The van der Waals surface area contributed by atoms with E-state index >= 15 is 0 Å². The molecular weight excluding hydrogens is 588 g/mol. The molecule has 0 radical (unpaired) electrons. The quantitative estimate of drug-likeness (QED) is 0.197. The van der Waals surface area contributed by atoms with Crippen LogP contribution >= 0.6 is 15.9 Å². The molecule has 2 aliphatic carbocycles. The molecule has 0 spiro atoms. The van der Waals surface area contributed by atoms with E-state index in [4.69, 9.17) is 9.97 Å². The van der Waals surface area contributed by atoms with Gasteiger partial charge in [0.15, 0.2) is 5.82 Å². The number of benzene rings is 5. The number of halogens is 1. The fourth-order valence-electron chi connectivity index (χ4n) is 7.20. The summed E-state index contributed by atoms with van der Waals surface area (Å²) in [5, 5.41) is 0. The van der Waals surface area contributed by atoms with Crippen molar-refractivity contribution in [2.45, 2.75) is 38.5 Å². The van der Waals surface area contributed by atoms with Crippen molar-refractivity contribution in [2.75, 3.05) is 0 Å². The lowest BCUT2D eigenvalue weighted by molar-refractivity contribution is 0.660. The molecule has 43 heavy (non-hydrogen) atoms. The van der Waals surface area contributed by atoms with Gasteiger partial charge >= 0.3 is 0 Å². The third-order valence-electron chi connectivity index (χ3n) is 9.59. The zero-order valence-corrected chi connectivity index (χ0v) is 26.3. The second-order valence-corrected chi connectivity index (χ2v) is 13.7. The lowest BCUT2D eigenvalue weighted by atomic mass is 9.81. The highest BCUT2D eigenvalue weighted by atomic mass is 79.9. The summed E-state index contributed by atoms with van der Waals surface area (Å²) in [6.07, 6.45) is 0. The molecule has 0 amide bonds. The third-order valence-corrected chi connectivity index (χ3v) is 10.1. The van der Waals surface area contributed by atoms with E-state index in [2.05, 4.69) is 159 Å². The van der Waals surface area contributed by atoms with Gasteiger partial charge in [0.1, 0.15) is 0 Å². The first-order valence-corrected chi connectivity index (χ1v) is 15.7. The molecule has 0 bridgehead atoms. The minimum Gasteiger partial charge on any atom is -0.228 e. The predicted molar refractivity (Wildman–Crippen MR) is 181 cm³/mol. The van der Waals surface area contributed by atoms with Crippen LogP contribution in [0.3, 0.4) is 0 Å². The zero-order valence-electron chi connectivity index (χ0n) is 24.7. The van der Waals surface area contributed by atoms with Crippen molar-refractivity contribution in [1.29, 1.82) is 0 Å². The molecule has 0 saturated heterocycles. The first kappa shape index (κ1) is 26.3. The van der Waals surface area contributed by atoms with Gasteiger partial charge in [-0.05, 0) is 74.8 Å². The summed E-state index contributed by atoms with van der Waals surface area (Å²) in [4.78, 5) is 10.3. The van der Waals surface area contributed by atoms with Crippen LogP contribution < -0.4 is 0 Å². The lowest BCUT2D eigenvalue weighted by Gasteiger charge is -2.22. The number of fused-ring (bicyclic) bond motifs is 6. The summed E-state index contributed by atoms with van der Waals surface area (Å²) < 4.78 is 1.04. The molecule has 2 aliphatic rings. The van der Waals surface area contributed by atoms with Gasteiger partial charge in [0.2, 0.25) is 0 Å². The number of aromatic nitrogens is 2. The van der Waals surface area contributed by atoms with E-state index in [0.29, 0.717) is 0 Å². The second-order valence-electron chi connectivity index (χ2n) is 12.8. The molecule has 1 aromatic heterocycles. The number of hydrogen-bond donors (Lipinski definition) is 0. The molecule has 0 fully saturated rings. The Hall–Kier alpha value is -4.34. The van der Waals surface area contributed by atoms with Gasteiger partial charge in [-0.15, -0.1) is 0 Å². The van der Waals surface area contributed by atoms with Gasteiger partial charge in [0, 0.05) is 32.0 Å². The van der Waals surface area contributed by atoms with E-state index in [0.717, 1.165) is 38.4 Å². The topological polar surface area (TPSA) is 25.8 Å². The minimum atomic E-state index is -0.0765. The highest BCUT2D eigenvalue weighted by molar-refractivity contribution is 9.10.